The fourth-order valence-corrected chi connectivity index (χ4v) is 4.53. The molecule has 0 saturated carbocycles. The molecule has 4 rings (SSSR count). The van der Waals surface area contributed by atoms with Gasteiger partial charge in [0.25, 0.3) is 5.60 Å². The maximum atomic E-state index is 15.2. The van der Waals surface area contributed by atoms with Crippen LogP contribution in [-0.4, -0.2) is 35.8 Å². The molecule has 0 bridgehead atoms. The first-order chi connectivity index (χ1) is 16.7. The van der Waals surface area contributed by atoms with Crippen LogP contribution in [0.5, 0.6) is 0 Å². The van der Waals surface area contributed by atoms with Crippen LogP contribution in [0.1, 0.15) is 48.4 Å². The Morgan fingerprint density at radius 2 is 1.69 bits per heavy atom. The van der Waals surface area contributed by atoms with Crippen LogP contribution in [0.25, 0.3) is 0 Å². The fraction of sp³-hybridized carbons (Fsp3) is 0.417. The van der Waals surface area contributed by atoms with E-state index in [0.29, 0.717) is 25.0 Å². The van der Waals surface area contributed by atoms with Gasteiger partial charge in [0.05, 0.1) is 24.4 Å². The number of carbonyl (C=O) groups excluding carboxylic acids is 1. The molecule has 2 heterocycles. The van der Waals surface area contributed by atoms with E-state index in [1.165, 1.54) is 29.2 Å². The summed E-state index contributed by atoms with van der Waals surface area (Å²) in [4.78, 5) is 18.1. The van der Waals surface area contributed by atoms with E-state index in [4.69, 9.17) is 16.4 Å². The molecule has 1 saturated heterocycles. The molecule has 1 unspecified atom stereocenters. The number of benzene rings is 2. The third-order valence-electron chi connectivity index (χ3n) is 6.31. The van der Waals surface area contributed by atoms with Crippen molar-refractivity contribution in [3.8, 4) is 0 Å². The summed E-state index contributed by atoms with van der Waals surface area (Å²) >= 11 is 5.71. The zero-order chi connectivity index (χ0) is 26.5. The van der Waals surface area contributed by atoms with Crippen LogP contribution in [0.4, 0.5) is 30.7 Å². The first kappa shape index (κ1) is 26.2. The Morgan fingerprint density at radius 1 is 1.06 bits per heavy atom. The Kier molecular flexibility index (Phi) is 6.51. The summed E-state index contributed by atoms with van der Waals surface area (Å²) in [7, 11) is 0. The molecule has 0 N–H and O–H groups in total. The van der Waals surface area contributed by atoms with Gasteiger partial charge in [0.1, 0.15) is 0 Å². The van der Waals surface area contributed by atoms with Crippen molar-refractivity contribution >= 4 is 23.2 Å². The van der Waals surface area contributed by atoms with Gasteiger partial charge in [0, 0.05) is 23.4 Å². The molecule has 2 aliphatic rings. The minimum Gasteiger partial charge on any atom is -0.374 e. The smallest absolute Gasteiger partial charge is 0.374 e. The number of nitrogens with zero attached hydrogens (tertiary/aromatic N) is 2. The van der Waals surface area contributed by atoms with Gasteiger partial charge in [-0.2, -0.15) is 26.3 Å². The standard InChI is InChI=1S/C24H20ClF7N2O2/c1-2-3-20(35)34-12-21(26,13-34)15-6-4-14(5-7-15)19-11-22(36-33-19,24(30,31)32)16-8-17(23(27,28)29)10-18(25)9-16/h4-10H,2-3,11-13H2,1H3. The number of amides is 1. The van der Waals surface area contributed by atoms with E-state index in [2.05, 4.69) is 5.16 Å². The largest absolute Gasteiger partial charge is 0.435 e. The van der Waals surface area contributed by atoms with E-state index in [9.17, 15) is 31.1 Å². The summed E-state index contributed by atoms with van der Waals surface area (Å²) in [5, 5.41) is 2.99. The number of carbonyl (C=O) groups is 1. The minimum absolute atomic E-state index is 0.122. The van der Waals surface area contributed by atoms with Gasteiger partial charge in [-0.1, -0.05) is 47.9 Å². The Morgan fingerprint density at radius 3 is 2.25 bits per heavy atom. The van der Waals surface area contributed by atoms with Crippen molar-refractivity contribution in [1.82, 2.24) is 4.90 Å². The lowest BCUT2D eigenvalue weighted by molar-refractivity contribution is -0.276. The van der Waals surface area contributed by atoms with Crippen LogP contribution in [0, 0.1) is 0 Å². The summed E-state index contributed by atoms with van der Waals surface area (Å²) in [6, 6.07) is 7.12. The molecule has 2 aliphatic heterocycles. The molecule has 12 heteroatoms. The highest BCUT2D eigenvalue weighted by Crippen LogP contribution is 2.50. The number of alkyl halides is 7. The molecule has 0 aromatic heterocycles. The van der Waals surface area contributed by atoms with Crippen LogP contribution < -0.4 is 0 Å². The number of rotatable bonds is 5. The average molecular weight is 537 g/mol. The van der Waals surface area contributed by atoms with E-state index in [0.717, 1.165) is 6.07 Å². The second-order valence-corrected chi connectivity index (χ2v) is 9.34. The van der Waals surface area contributed by atoms with Gasteiger partial charge in [-0.05, 0) is 35.7 Å². The highest BCUT2D eigenvalue weighted by Gasteiger charge is 2.62. The molecule has 0 spiro atoms. The zero-order valence-electron chi connectivity index (χ0n) is 18.8. The molecule has 2 aromatic rings. The van der Waals surface area contributed by atoms with Gasteiger partial charge in [0.15, 0.2) is 5.67 Å². The number of hydrogen-bond donors (Lipinski definition) is 0. The lowest BCUT2D eigenvalue weighted by Gasteiger charge is -2.44. The number of likely N-dealkylation sites (tertiary alicyclic amines) is 1. The molecular weight excluding hydrogens is 517 g/mol. The van der Waals surface area contributed by atoms with E-state index < -0.39 is 46.2 Å². The van der Waals surface area contributed by atoms with E-state index in [1.807, 2.05) is 6.92 Å². The quantitative estimate of drug-likeness (QED) is 0.397. The molecular formula is C24H20ClF7N2O2. The number of halogens is 8. The molecule has 36 heavy (non-hydrogen) atoms. The summed E-state index contributed by atoms with van der Waals surface area (Å²) in [6.07, 6.45) is -10.0. The Bertz CT molecular complexity index is 1190. The van der Waals surface area contributed by atoms with Gasteiger partial charge in [-0.3, -0.25) is 4.79 Å². The average Bonchev–Trinajstić information content (AvgIpc) is 3.23. The van der Waals surface area contributed by atoms with E-state index >= 15 is 4.39 Å². The van der Waals surface area contributed by atoms with E-state index in [-0.39, 0.29) is 35.8 Å². The predicted molar refractivity (Wildman–Crippen MR) is 117 cm³/mol. The molecule has 0 aliphatic carbocycles. The van der Waals surface area contributed by atoms with Gasteiger partial charge in [-0.15, -0.1) is 0 Å². The van der Waals surface area contributed by atoms with Crippen molar-refractivity contribution in [3.05, 3.63) is 69.7 Å². The van der Waals surface area contributed by atoms with Crippen molar-refractivity contribution in [1.29, 1.82) is 0 Å². The topological polar surface area (TPSA) is 41.9 Å². The molecule has 0 radical (unpaired) electrons. The monoisotopic (exact) mass is 536 g/mol. The first-order valence-corrected chi connectivity index (χ1v) is 11.3. The summed E-state index contributed by atoms with van der Waals surface area (Å²) in [5.74, 6) is -0.155. The summed E-state index contributed by atoms with van der Waals surface area (Å²) in [5.41, 5.74) is -6.88. The SMILES string of the molecule is CCCC(=O)N1CC(F)(c2ccc(C3=NOC(c4cc(Cl)cc(C(F)(F)F)c4)(C(F)(F)F)C3)cc2)C1. The van der Waals surface area contributed by atoms with Crippen molar-refractivity contribution in [2.24, 2.45) is 5.16 Å². The van der Waals surface area contributed by atoms with Gasteiger partial charge < -0.3 is 9.74 Å². The van der Waals surface area contributed by atoms with Crippen LogP contribution >= 0.6 is 11.6 Å². The van der Waals surface area contributed by atoms with Gasteiger partial charge in [-0.25, -0.2) is 4.39 Å². The Hall–Kier alpha value is -2.82. The van der Waals surface area contributed by atoms with Crippen molar-refractivity contribution < 1.29 is 40.4 Å². The maximum Gasteiger partial charge on any atom is 0.435 e. The molecule has 194 valence electrons. The lowest BCUT2D eigenvalue weighted by Crippen LogP contribution is -2.58. The number of oxime groups is 1. The highest BCUT2D eigenvalue weighted by molar-refractivity contribution is 6.30. The number of hydrogen-bond acceptors (Lipinski definition) is 3. The van der Waals surface area contributed by atoms with Crippen LogP contribution in [0.15, 0.2) is 47.6 Å². The predicted octanol–water partition coefficient (Wildman–Crippen LogP) is 6.75. The normalized spacial score (nSPS) is 21.6. The summed E-state index contributed by atoms with van der Waals surface area (Å²) in [6.45, 7) is 1.59. The van der Waals surface area contributed by atoms with Crippen LogP contribution in [0.3, 0.4) is 0 Å². The molecule has 4 nitrogen and oxygen atoms in total. The van der Waals surface area contributed by atoms with Gasteiger partial charge in [0.2, 0.25) is 5.91 Å². The van der Waals surface area contributed by atoms with Gasteiger partial charge >= 0.3 is 12.4 Å². The van der Waals surface area contributed by atoms with Crippen LogP contribution in [0.2, 0.25) is 5.02 Å². The Labute approximate surface area is 206 Å². The van der Waals surface area contributed by atoms with Crippen molar-refractivity contribution in [2.45, 2.75) is 49.8 Å². The second-order valence-electron chi connectivity index (χ2n) is 8.90. The minimum atomic E-state index is -5.13. The first-order valence-electron chi connectivity index (χ1n) is 11.0. The molecule has 1 amide bonds. The highest BCUT2D eigenvalue weighted by atomic mass is 35.5. The zero-order valence-corrected chi connectivity index (χ0v) is 19.6. The van der Waals surface area contributed by atoms with Crippen molar-refractivity contribution in [3.63, 3.8) is 0 Å². The second kappa shape index (κ2) is 8.93. The Balaban J connectivity index is 1.57. The molecule has 1 atom stereocenters. The van der Waals surface area contributed by atoms with E-state index in [1.54, 1.807) is 0 Å². The third kappa shape index (κ3) is 4.65. The molecule has 2 aromatic carbocycles. The van der Waals surface area contributed by atoms with Crippen LogP contribution in [-0.2, 0) is 27.1 Å². The lowest BCUT2D eigenvalue weighted by atomic mass is 9.84. The fourth-order valence-electron chi connectivity index (χ4n) is 4.30. The summed E-state index contributed by atoms with van der Waals surface area (Å²) < 4.78 is 97.3. The molecule has 1 fully saturated rings. The maximum absolute atomic E-state index is 15.2. The van der Waals surface area contributed by atoms with Crippen molar-refractivity contribution in [2.75, 3.05) is 13.1 Å². The third-order valence-corrected chi connectivity index (χ3v) is 6.53.